The molecule has 0 radical (unpaired) electrons. The molecule has 4 rings (SSSR count). The molecule has 0 bridgehead atoms. The predicted octanol–water partition coefficient (Wildman–Crippen LogP) is 3.76. The van der Waals surface area contributed by atoms with Gasteiger partial charge >= 0.3 is 0 Å². The molecule has 1 saturated carbocycles. The first kappa shape index (κ1) is 20.0. The zero-order valence-electron chi connectivity index (χ0n) is 16.8. The number of nitrogens with zero attached hydrogens (tertiary/aromatic N) is 2. The molecule has 1 N–H and O–H groups in total. The minimum atomic E-state index is -0.212. The minimum absolute atomic E-state index is 0.0980. The van der Waals surface area contributed by atoms with Crippen LogP contribution in [0.2, 0.25) is 0 Å². The number of benzene rings is 1. The Balaban J connectivity index is 1.33. The molecule has 2 aliphatic rings. The highest BCUT2D eigenvalue weighted by Crippen LogP contribution is 2.37. The summed E-state index contributed by atoms with van der Waals surface area (Å²) in [6, 6.07) is 13.2. The third-order valence-electron chi connectivity index (χ3n) is 5.80. The fourth-order valence-corrected chi connectivity index (χ4v) is 4.26. The summed E-state index contributed by atoms with van der Waals surface area (Å²) in [4.78, 5) is 43.0. The van der Waals surface area contributed by atoms with Gasteiger partial charge in [0.1, 0.15) is 0 Å². The van der Waals surface area contributed by atoms with Crippen molar-refractivity contribution in [1.29, 1.82) is 0 Å². The maximum Gasteiger partial charge on any atom is 0.233 e. The van der Waals surface area contributed by atoms with Crippen LogP contribution in [0.15, 0.2) is 48.7 Å². The Hall–Kier alpha value is -3.28. The number of amides is 3. The quantitative estimate of drug-likeness (QED) is 0.745. The summed E-state index contributed by atoms with van der Waals surface area (Å²) in [5.74, 6) is -0.747. The number of nitrogens with one attached hydrogen (secondary N) is 1. The van der Waals surface area contributed by atoms with Gasteiger partial charge in [0.05, 0.1) is 17.5 Å². The summed E-state index contributed by atoms with van der Waals surface area (Å²) in [6.45, 7) is 0.149. The number of hydrogen-bond donors (Lipinski definition) is 1. The van der Waals surface area contributed by atoms with Gasteiger partial charge in [-0.1, -0.05) is 37.1 Å². The van der Waals surface area contributed by atoms with Crippen LogP contribution in [0.3, 0.4) is 0 Å². The maximum absolute atomic E-state index is 12.5. The van der Waals surface area contributed by atoms with E-state index < -0.39 is 0 Å². The van der Waals surface area contributed by atoms with E-state index in [-0.39, 0.29) is 42.5 Å². The zero-order valence-corrected chi connectivity index (χ0v) is 16.8. The predicted molar refractivity (Wildman–Crippen MR) is 115 cm³/mol. The molecule has 6 nitrogen and oxygen atoms in total. The van der Waals surface area contributed by atoms with E-state index >= 15 is 0 Å². The Morgan fingerprint density at radius 2 is 1.80 bits per heavy atom. The summed E-state index contributed by atoms with van der Waals surface area (Å²) in [5, 5.41) is 2.86. The number of carbonyl (C=O) groups is 3. The Kier molecular flexibility index (Phi) is 6.02. The van der Waals surface area contributed by atoms with Crippen LogP contribution in [0.25, 0.3) is 12.2 Å². The average Bonchev–Trinajstić information content (AvgIpc) is 3.02. The summed E-state index contributed by atoms with van der Waals surface area (Å²) in [6.07, 6.45) is 9.26. The van der Waals surface area contributed by atoms with E-state index in [2.05, 4.69) is 10.3 Å². The van der Waals surface area contributed by atoms with Crippen molar-refractivity contribution in [2.75, 3.05) is 11.9 Å². The minimum Gasteiger partial charge on any atom is -0.326 e. The van der Waals surface area contributed by atoms with Crippen molar-refractivity contribution in [1.82, 2.24) is 9.88 Å². The molecule has 154 valence electrons. The summed E-state index contributed by atoms with van der Waals surface area (Å²) >= 11 is 0. The molecule has 0 unspecified atom stereocenters. The van der Waals surface area contributed by atoms with Crippen molar-refractivity contribution in [3.63, 3.8) is 0 Å². The molecular formula is C24H25N3O3. The molecule has 1 aromatic heterocycles. The Bertz CT molecular complexity index is 947. The van der Waals surface area contributed by atoms with Gasteiger partial charge < -0.3 is 5.32 Å². The number of anilines is 1. The molecule has 3 amide bonds. The van der Waals surface area contributed by atoms with Crippen LogP contribution in [0, 0.1) is 11.8 Å². The second-order valence-electron chi connectivity index (χ2n) is 7.84. The third-order valence-corrected chi connectivity index (χ3v) is 5.80. The highest BCUT2D eigenvalue weighted by molar-refractivity contribution is 6.05. The average molecular weight is 403 g/mol. The standard InChI is InChI=1S/C24H25N3O3/c28-22(13-15-27-23(29)20-9-1-2-10-21(20)24(27)30)26-19-8-5-6-17(16-19)11-12-18-7-3-4-14-25-18/h3-8,11-12,14,16,20-21H,1-2,9-10,13,15H2,(H,26,28)/b12-11+/t20-,21-/m1/s1. The zero-order chi connectivity index (χ0) is 20.9. The van der Waals surface area contributed by atoms with Crippen LogP contribution in [0.1, 0.15) is 43.4 Å². The number of imide groups is 1. The molecule has 2 aromatic rings. The number of pyridine rings is 1. The van der Waals surface area contributed by atoms with Crippen molar-refractivity contribution < 1.29 is 14.4 Å². The Morgan fingerprint density at radius 1 is 1.03 bits per heavy atom. The van der Waals surface area contributed by atoms with E-state index in [0.29, 0.717) is 5.69 Å². The van der Waals surface area contributed by atoms with Gasteiger partial charge in [-0.25, -0.2) is 0 Å². The molecule has 1 saturated heterocycles. The molecule has 2 atom stereocenters. The van der Waals surface area contributed by atoms with Gasteiger partial charge in [-0.15, -0.1) is 0 Å². The lowest BCUT2D eigenvalue weighted by atomic mass is 9.81. The molecule has 1 aromatic carbocycles. The SMILES string of the molecule is O=C(CCN1C(=O)[C@@H]2CCCC[C@H]2C1=O)Nc1cccc(/C=C/c2ccccn2)c1. The monoisotopic (exact) mass is 403 g/mol. The van der Waals surface area contributed by atoms with Gasteiger partial charge in [0.15, 0.2) is 0 Å². The number of likely N-dealkylation sites (tertiary alicyclic amines) is 1. The van der Waals surface area contributed by atoms with Crippen molar-refractivity contribution >= 4 is 35.6 Å². The molecule has 30 heavy (non-hydrogen) atoms. The van der Waals surface area contributed by atoms with Crippen molar-refractivity contribution in [2.24, 2.45) is 11.8 Å². The Morgan fingerprint density at radius 3 is 2.50 bits per heavy atom. The second-order valence-corrected chi connectivity index (χ2v) is 7.84. The molecule has 1 aliphatic carbocycles. The van der Waals surface area contributed by atoms with Crippen LogP contribution in [0.5, 0.6) is 0 Å². The lowest BCUT2D eigenvalue weighted by molar-refractivity contribution is -0.140. The van der Waals surface area contributed by atoms with Crippen molar-refractivity contribution in [3.8, 4) is 0 Å². The van der Waals surface area contributed by atoms with E-state index in [0.717, 1.165) is 36.9 Å². The molecule has 6 heteroatoms. The Labute approximate surface area is 176 Å². The van der Waals surface area contributed by atoms with Crippen molar-refractivity contribution in [2.45, 2.75) is 32.1 Å². The van der Waals surface area contributed by atoms with Gasteiger partial charge in [0.25, 0.3) is 0 Å². The summed E-state index contributed by atoms with van der Waals surface area (Å²) < 4.78 is 0. The van der Waals surface area contributed by atoms with E-state index in [4.69, 9.17) is 0 Å². The van der Waals surface area contributed by atoms with Crippen LogP contribution in [0.4, 0.5) is 5.69 Å². The highest BCUT2D eigenvalue weighted by Gasteiger charge is 2.47. The van der Waals surface area contributed by atoms with Gasteiger partial charge in [0.2, 0.25) is 17.7 Å². The fourth-order valence-electron chi connectivity index (χ4n) is 4.26. The lowest BCUT2D eigenvalue weighted by Gasteiger charge is -2.19. The van der Waals surface area contributed by atoms with Crippen molar-refractivity contribution in [3.05, 3.63) is 59.9 Å². The second kappa shape index (κ2) is 9.03. The van der Waals surface area contributed by atoms with E-state index in [1.165, 1.54) is 4.90 Å². The first-order valence-electron chi connectivity index (χ1n) is 10.5. The first-order valence-corrected chi connectivity index (χ1v) is 10.5. The topological polar surface area (TPSA) is 79.4 Å². The number of hydrogen-bond acceptors (Lipinski definition) is 4. The molecule has 1 aliphatic heterocycles. The van der Waals surface area contributed by atoms with Crippen LogP contribution in [-0.2, 0) is 14.4 Å². The van der Waals surface area contributed by atoms with E-state index in [9.17, 15) is 14.4 Å². The largest absolute Gasteiger partial charge is 0.326 e. The highest BCUT2D eigenvalue weighted by atomic mass is 16.2. The fraction of sp³-hybridized carbons (Fsp3) is 0.333. The number of fused-ring (bicyclic) bond motifs is 1. The lowest BCUT2D eigenvalue weighted by Crippen LogP contribution is -2.34. The number of carbonyl (C=O) groups excluding carboxylic acids is 3. The normalized spacial score (nSPS) is 21.1. The van der Waals surface area contributed by atoms with E-state index in [1.54, 1.807) is 6.20 Å². The smallest absolute Gasteiger partial charge is 0.233 e. The maximum atomic E-state index is 12.5. The third kappa shape index (κ3) is 4.48. The number of rotatable bonds is 6. The van der Waals surface area contributed by atoms with Gasteiger partial charge in [-0.05, 0) is 48.7 Å². The summed E-state index contributed by atoms with van der Waals surface area (Å²) in [5.41, 5.74) is 2.47. The van der Waals surface area contributed by atoms with Crippen LogP contribution < -0.4 is 5.32 Å². The van der Waals surface area contributed by atoms with Gasteiger partial charge in [-0.2, -0.15) is 0 Å². The van der Waals surface area contributed by atoms with E-state index in [1.807, 2.05) is 54.6 Å². The number of aromatic nitrogens is 1. The van der Waals surface area contributed by atoms with Crippen LogP contribution >= 0.6 is 0 Å². The van der Waals surface area contributed by atoms with Gasteiger partial charge in [-0.3, -0.25) is 24.3 Å². The van der Waals surface area contributed by atoms with Gasteiger partial charge in [0, 0.05) is 24.8 Å². The van der Waals surface area contributed by atoms with Crippen LogP contribution in [-0.4, -0.2) is 34.2 Å². The first-order chi connectivity index (χ1) is 14.6. The molecular weight excluding hydrogens is 378 g/mol. The molecule has 2 heterocycles. The summed E-state index contributed by atoms with van der Waals surface area (Å²) in [7, 11) is 0. The molecule has 0 spiro atoms. The molecule has 2 fully saturated rings.